The zero-order chi connectivity index (χ0) is 25.6. The Morgan fingerprint density at radius 3 is 2.06 bits per heavy atom. The smallest absolute Gasteiger partial charge is 0.251 e. The fraction of sp³-hybridized carbons (Fsp3) is 0.400. The summed E-state index contributed by atoms with van der Waals surface area (Å²) in [6.45, 7) is 0.481. The average Bonchev–Trinajstić information content (AvgIpc) is 2.89. The first-order valence-corrected chi connectivity index (χ1v) is 11.1. The third-order valence-corrected chi connectivity index (χ3v) is 5.10. The van der Waals surface area contributed by atoms with E-state index in [0.717, 1.165) is 18.4 Å². The normalized spacial score (nSPS) is 10.5. The summed E-state index contributed by atoms with van der Waals surface area (Å²) in [5.41, 5.74) is 3.69. The molecule has 0 aliphatic carbocycles. The molecule has 2 aromatic carbocycles. The molecule has 2 rings (SSSR count). The predicted octanol–water partition coefficient (Wildman–Crippen LogP) is 3.17. The number of nitrogens with one attached hydrogen (secondary N) is 2. The number of carbonyl (C=O) groups is 2. The number of carbonyl (C=O) groups excluding carboxylic acids is 2. The van der Waals surface area contributed by atoms with Crippen molar-refractivity contribution < 1.29 is 33.3 Å². The van der Waals surface area contributed by atoms with E-state index in [0.29, 0.717) is 53.7 Å². The Bertz CT molecular complexity index is 999. The van der Waals surface area contributed by atoms with Gasteiger partial charge < -0.3 is 29.0 Å². The second kappa shape index (κ2) is 14.3. The largest absolute Gasteiger partial charge is 0.493 e. The van der Waals surface area contributed by atoms with Crippen LogP contribution in [0.3, 0.4) is 0 Å². The van der Waals surface area contributed by atoms with Crippen LogP contribution in [0.15, 0.2) is 35.4 Å². The molecule has 10 nitrogen and oxygen atoms in total. The van der Waals surface area contributed by atoms with Gasteiger partial charge in [-0.05, 0) is 48.7 Å². The monoisotopic (exact) mass is 487 g/mol. The van der Waals surface area contributed by atoms with Crippen molar-refractivity contribution in [3.63, 3.8) is 0 Å². The Kier molecular flexibility index (Phi) is 11.2. The Morgan fingerprint density at radius 1 is 0.800 bits per heavy atom. The molecule has 2 N–H and O–H groups in total. The second-order valence-electron chi connectivity index (χ2n) is 7.39. The number of amides is 2. The van der Waals surface area contributed by atoms with E-state index in [1.165, 1.54) is 21.3 Å². The van der Waals surface area contributed by atoms with Crippen LogP contribution in [-0.4, -0.2) is 60.1 Å². The number of ether oxygens (including phenoxy) is 5. The van der Waals surface area contributed by atoms with Gasteiger partial charge in [-0.3, -0.25) is 9.59 Å². The van der Waals surface area contributed by atoms with Gasteiger partial charge in [-0.25, -0.2) is 5.43 Å². The number of hydrogen-bond donors (Lipinski definition) is 2. The first-order valence-electron chi connectivity index (χ1n) is 11.1. The molecule has 0 aliphatic rings. The lowest BCUT2D eigenvalue weighted by Crippen LogP contribution is -2.24. The fourth-order valence-corrected chi connectivity index (χ4v) is 3.27. The van der Waals surface area contributed by atoms with E-state index in [1.807, 2.05) is 6.07 Å². The van der Waals surface area contributed by atoms with Gasteiger partial charge in [-0.15, -0.1) is 0 Å². The van der Waals surface area contributed by atoms with Crippen molar-refractivity contribution in [2.24, 2.45) is 5.10 Å². The molecule has 35 heavy (non-hydrogen) atoms. The molecule has 0 atom stereocenters. The van der Waals surface area contributed by atoms with Crippen molar-refractivity contribution in [1.82, 2.24) is 10.7 Å². The minimum Gasteiger partial charge on any atom is -0.493 e. The summed E-state index contributed by atoms with van der Waals surface area (Å²) in [6.07, 6.45) is 4.07. The van der Waals surface area contributed by atoms with Crippen LogP contribution in [0.2, 0.25) is 0 Å². The quantitative estimate of drug-likeness (QED) is 0.239. The highest BCUT2D eigenvalue weighted by Gasteiger charge is 2.16. The van der Waals surface area contributed by atoms with E-state index in [1.54, 1.807) is 44.7 Å². The van der Waals surface area contributed by atoms with Crippen LogP contribution in [0.25, 0.3) is 0 Å². The van der Waals surface area contributed by atoms with Crippen molar-refractivity contribution >= 4 is 18.0 Å². The molecule has 0 fully saturated rings. The molecule has 0 spiro atoms. The van der Waals surface area contributed by atoms with Crippen LogP contribution < -0.4 is 34.4 Å². The molecule has 0 heterocycles. The Balaban J connectivity index is 1.70. The maximum Gasteiger partial charge on any atom is 0.251 e. The van der Waals surface area contributed by atoms with Crippen LogP contribution in [-0.2, 0) is 4.79 Å². The molecule has 0 bridgehead atoms. The predicted molar refractivity (Wildman–Crippen MR) is 132 cm³/mol. The lowest BCUT2D eigenvalue weighted by Gasteiger charge is -2.14. The molecule has 0 radical (unpaired) electrons. The lowest BCUT2D eigenvalue weighted by molar-refractivity contribution is -0.121. The number of nitrogens with zero attached hydrogens (tertiary/aromatic N) is 1. The van der Waals surface area contributed by atoms with Gasteiger partial charge in [0.15, 0.2) is 23.0 Å². The third kappa shape index (κ3) is 8.09. The van der Waals surface area contributed by atoms with Crippen LogP contribution in [0.4, 0.5) is 0 Å². The van der Waals surface area contributed by atoms with E-state index >= 15 is 0 Å². The van der Waals surface area contributed by atoms with Gasteiger partial charge in [0.2, 0.25) is 11.7 Å². The van der Waals surface area contributed by atoms with Gasteiger partial charge in [-0.1, -0.05) is 6.42 Å². The van der Waals surface area contributed by atoms with E-state index in [4.69, 9.17) is 23.7 Å². The fourth-order valence-electron chi connectivity index (χ4n) is 3.27. The molecule has 0 saturated carbocycles. The number of unbranched alkanes of at least 4 members (excludes halogenated alkanes) is 2. The molecular weight excluding hydrogens is 454 g/mol. The zero-order valence-corrected chi connectivity index (χ0v) is 20.8. The van der Waals surface area contributed by atoms with Gasteiger partial charge in [0.25, 0.3) is 5.91 Å². The molecule has 10 heteroatoms. The van der Waals surface area contributed by atoms with Crippen LogP contribution in [0.5, 0.6) is 28.7 Å². The van der Waals surface area contributed by atoms with Crippen molar-refractivity contribution in [2.45, 2.75) is 25.7 Å². The summed E-state index contributed by atoms with van der Waals surface area (Å²) >= 11 is 0. The van der Waals surface area contributed by atoms with E-state index in [-0.39, 0.29) is 11.8 Å². The van der Waals surface area contributed by atoms with Gasteiger partial charge in [0.05, 0.1) is 41.8 Å². The highest BCUT2D eigenvalue weighted by molar-refractivity contribution is 5.95. The highest BCUT2D eigenvalue weighted by atomic mass is 16.5. The summed E-state index contributed by atoms with van der Waals surface area (Å²) in [6, 6.07) is 8.54. The van der Waals surface area contributed by atoms with Crippen LogP contribution in [0.1, 0.15) is 41.6 Å². The van der Waals surface area contributed by atoms with Crippen molar-refractivity contribution in [3.8, 4) is 28.7 Å². The molecule has 0 aromatic heterocycles. The molecule has 190 valence electrons. The molecular formula is C25H33N3O7. The number of methoxy groups -OCH3 is 5. The van der Waals surface area contributed by atoms with Crippen LogP contribution in [0, 0.1) is 0 Å². The van der Waals surface area contributed by atoms with Gasteiger partial charge in [0, 0.05) is 18.5 Å². The summed E-state index contributed by atoms with van der Waals surface area (Å²) in [4.78, 5) is 24.5. The summed E-state index contributed by atoms with van der Waals surface area (Å²) < 4.78 is 26.3. The number of hydrogen-bond acceptors (Lipinski definition) is 8. The zero-order valence-electron chi connectivity index (χ0n) is 20.8. The van der Waals surface area contributed by atoms with Crippen molar-refractivity contribution in [1.29, 1.82) is 0 Å². The SMILES string of the molecule is COc1ccc(/C=N/NC(=O)CCCCCNC(=O)c2cc(OC)c(OC)c(OC)c2)cc1OC. The van der Waals surface area contributed by atoms with E-state index in [2.05, 4.69) is 15.8 Å². The Hall–Kier alpha value is -3.95. The minimum absolute atomic E-state index is 0.178. The third-order valence-electron chi connectivity index (χ3n) is 5.10. The standard InChI is InChI=1S/C25H33N3O7/c1-31-19-11-10-17(13-20(19)32-2)16-27-28-23(29)9-7-6-8-12-26-25(30)18-14-21(33-3)24(35-5)22(15-18)34-4/h10-11,13-16H,6-9,12H2,1-5H3,(H,26,30)(H,28,29)/b27-16+. The lowest BCUT2D eigenvalue weighted by atomic mass is 10.1. The topological polar surface area (TPSA) is 117 Å². The first kappa shape index (κ1) is 27.3. The molecule has 0 unspecified atom stereocenters. The second-order valence-corrected chi connectivity index (χ2v) is 7.39. The van der Waals surface area contributed by atoms with Crippen LogP contribution >= 0.6 is 0 Å². The summed E-state index contributed by atoms with van der Waals surface area (Å²) in [5.74, 6) is 2.04. The number of hydrazone groups is 1. The molecule has 2 amide bonds. The number of rotatable bonds is 14. The molecule has 2 aromatic rings. The molecule has 0 saturated heterocycles. The minimum atomic E-state index is -0.244. The average molecular weight is 488 g/mol. The van der Waals surface area contributed by atoms with E-state index < -0.39 is 0 Å². The van der Waals surface area contributed by atoms with Gasteiger partial charge >= 0.3 is 0 Å². The maximum absolute atomic E-state index is 12.5. The summed E-state index contributed by atoms with van der Waals surface area (Å²) in [5, 5.41) is 6.84. The first-order chi connectivity index (χ1) is 17.0. The maximum atomic E-state index is 12.5. The Morgan fingerprint density at radius 2 is 1.46 bits per heavy atom. The van der Waals surface area contributed by atoms with Gasteiger partial charge in [0.1, 0.15) is 0 Å². The van der Waals surface area contributed by atoms with Crippen molar-refractivity contribution in [2.75, 3.05) is 42.1 Å². The summed E-state index contributed by atoms with van der Waals surface area (Å²) in [7, 11) is 7.62. The van der Waals surface area contributed by atoms with Crippen molar-refractivity contribution in [3.05, 3.63) is 41.5 Å². The van der Waals surface area contributed by atoms with Gasteiger partial charge in [-0.2, -0.15) is 5.10 Å². The molecule has 0 aliphatic heterocycles. The number of benzene rings is 2. The highest BCUT2D eigenvalue weighted by Crippen LogP contribution is 2.38. The van der Waals surface area contributed by atoms with E-state index in [9.17, 15) is 9.59 Å². The Labute approximate surface area is 205 Å².